The minimum atomic E-state index is -0.362. The maximum absolute atomic E-state index is 12.1. The summed E-state index contributed by atoms with van der Waals surface area (Å²) in [6, 6.07) is 3.10. The van der Waals surface area contributed by atoms with Crippen LogP contribution in [-0.2, 0) is 0 Å². The molecule has 0 spiro atoms. The third kappa shape index (κ3) is 2.24. The molecule has 1 aliphatic heterocycles. The number of carbonyl (C=O) groups is 1. The number of carbonyl (C=O) groups excluding carboxylic acids is 1. The number of amides is 1. The van der Waals surface area contributed by atoms with Crippen molar-refractivity contribution in [2.45, 2.75) is 25.8 Å². The summed E-state index contributed by atoms with van der Waals surface area (Å²) in [6.45, 7) is 2.33. The largest absolute Gasteiger partial charge is 0.394 e. The summed E-state index contributed by atoms with van der Waals surface area (Å²) >= 11 is 0. The third-order valence-corrected chi connectivity index (χ3v) is 3.13. The van der Waals surface area contributed by atoms with Gasteiger partial charge in [0.15, 0.2) is 0 Å². The highest BCUT2D eigenvalue weighted by Gasteiger charge is 2.29. The Labute approximate surface area is 99.1 Å². The Hall–Kier alpha value is -1.62. The van der Waals surface area contributed by atoms with Gasteiger partial charge in [0.2, 0.25) is 0 Å². The summed E-state index contributed by atoms with van der Waals surface area (Å²) in [7, 11) is 0. The molecule has 1 atom stereocenters. The molecular weight excluding hydrogens is 220 g/mol. The van der Waals surface area contributed by atoms with Crippen LogP contribution in [0.2, 0.25) is 0 Å². The highest BCUT2D eigenvalue weighted by atomic mass is 16.3. The van der Waals surface area contributed by atoms with Gasteiger partial charge in [-0.1, -0.05) is 0 Å². The van der Waals surface area contributed by atoms with Crippen LogP contribution < -0.4 is 5.56 Å². The van der Waals surface area contributed by atoms with E-state index in [1.54, 1.807) is 24.0 Å². The lowest BCUT2D eigenvalue weighted by atomic mass is 10.2. The van der Waals surface area contributed by atoms with Crippen LogP contribution in [0.3, 0.4) is 0 Å². The Bertz CT molecular complexity index is 481. The number of hydrogen-bond donors (Lipinski definition) is 2. The summed E-state index contributed by atoms with van der Waals surface area (Å²) in [4.78, 5) is 28.0. The number of aryl methyl sites for hydroxylation is 1. The molecule has 0 unspecified atom stereocenters. The normalized spacial score (nSPS) is 19.6. The topological polar surface area (TPSA) is 73.4 Å². The van der Waals surface area contributed by atoms with Crippen LogP contribution in [0.5, 0.6) is 0 Å². The number of rotatable bonds is 2. The van der Waals surface area contributed by atoms with Gasteiger partial charge in [0.25, 0.3) is 11.5 Å². The van der Waals surface area contributed by atoms with Crippen molar-refractivity contribution in [3.05, 3.63) is 33.7 Å². The molecule has 1 aromatic rings. The van der Waals surface area contributed by atoms with Crippen LogP contribution in [0.1, 0.15) is 28.9 Å². The summed E-state index contributed by atoms with van der Waals surface area (Å²) in [6.07, 6.45) is 1.67. The number of nitrogens with zero attached hydrogens (tertiary/aromatic N) is 1. The van der Waals surface area contributed by atoms with Crippen LogP contribution in [-0.4, -0.2) is 40.1 Å². The molecule has 17 heavy (non-hydrogen) atoms. The van der Waals surface area contributed by atoms with Crippen LogP contribution in [0, 0.1) is 6.92 Å². The number of aromatic amines is 1. The lowest BCUT2D eigenvalue weighted by molar-refractivity contribution is 0.0676. The second-order valence-corrected chi connectivity index (χ2v) is 4.36. The highest BCUT2D eigenvalue weighted by Crippen LogP contribution is 2.18. The highest BCUT2D eigenvalue weighted by molar-refractivity contribution is 5.94. The number of aromatic nitrogens is 1. The SMILES string of the molecule is Cc1ccc(C(=O)N2CCC[C@H]2CO)c(=O)[nH]1. The predicted molar refractivity (Wildman–Crippen MR) is 62.9 cm³/mol. The summed E-state index contributed by atoms with van der Waals surface area (Å²) < 4.78 is 0. The van der Waals surface area contributed by atoms with E-state index in [9.17, 15) is 9.59 Å². The van der Waals surface area contributed by atoms with Gasteiger partial charge in [-0.15, -0.1) is 0 Å². The Morgan fingerprint density at radius 1 is 1.59 bits per heavy atom. The minimum absolute atomic E-state index is 0.0461. The fourth-order valence-electron chi connectivity index (χ4n) is 2.19. The molecule has 1 aliphatic rings. The Kier molecular flexibility index (Phi) is 3.28. The first-order valence-electron chi connectivity index (χ1n) is 5.75. The molecule has 5 heteroatoms. The molecule has 5 nitrogen and oxygen atoms in total. The molecule has 1 amide bonds. The molecule has 92 valence electrons. The van der Waals surface area contributed by atoms with Crippen molar-refractivity contribution in [2.75, 3.05) is 13.2 Å². The van der Waals surface area contributed by atoms with Gasteiger partial charge in [-0.2, -0.15) is 0 Å². The number of H-pyrrole nitrogens is 1. The van der Waals surface area contributed by atoms with Crippen LogP contribution in [0.4, 0.5) is 0 Å². The number of pyridine rings is 1. The summed E-state index contributed by atoms with van der Waals surface area (Å²) in [5.74, 6) is -0.289. The first-order valence-corrected chi connectivity index (χ1v) is 5.75. The molecule has 1 saturated heterocycles. The van der Waals surface area contributed by atoms with Crippen molar-refractivity contribution in [3.8, 4) is 0 Å². The van der Waals surface area contributed by atoms with Crippen molar-refractivity contribution >= 4 is 5.91 Å². The van der Waals surface area contributed by atoms with Crippen molar-refractivity contribution in [1.82, 2.24) is 9.88 Å². The molecule has 0 aromatic carbocycles. The summed E-state index contributed by atoms with van der Waals surface area (Å²) in [5.41, 5.74) is 0.515. The quantitative estimate of drug-likeness (QED) is 0.774. The lowest BCUT2D eigenvalue weighted by Crippen LogP contribution is -2.40. The zero-order valence-electron chi connectivity index (χ0n) is 9.77. The maximum atomic E-state index is 12.1. The van der Waals surface area contributed by atoms with E-state index in [1.165, 1.54) is 0 Å². The fourth-order valence-corrected chi connectivity index (χ4v) is 2.19. The molecule has 0 aliphatic carbocycles. The van der Waals surface area contributed by atoms with Crippen LogP contribution >= 0.6 is 0 Å². The second kappa shape index (κ2) is 4.71. The fraction of sp³-hybridized carbons (Fsp3) is 0.500. The van der Waals surface area contributed by atoms with Crippen molar-refractivity contribution in [2.24, 2.45) is 0 Å². The molecule has 1 aromatic heterocycles. The molecule has 0 bridgehead atoms. The first kappa shape index (κ1) is 11.9. The predicted octanol–water partition coefficient (Wildman–Crippen LogP) is 0.280. The van der Waals surface area contributed by atoms with Gasteiger partial charge in [-0.05, 0) is 31.9 Å². The van der Waals surface area contributed by atoms with E-state index in [-0.39, 0.29) is 29.7 Å². The zero-order chi connectivity index (χ0) is 12.4. The molecule has 2 N–H and O–H groups in total. The molecule has 2 heterocycles. The van der Waals surface area contributed by atoms with E-state index in [1.807, 2.05) is 0 Å². The molecule has 1 fully saturated rings. The zero-order valence-corrected chi connectivity index (χ0v) is 9.77. The van der Waals surface area contributed by atoms with Gasteiger partial charge in [-0.25, -0.2) is 0 Å². The van der Waals surface area contributed by atoms with Crippen molar-refractivity contribution in [1.29, 1.82) is 0 Å². The van der Waals surface area contributed by atoms with Gasteiger partial charge in [0.1, 0.15) is 5.56 Å². The summed E-state index contributed by atoms with van der Waals surface area (Å²) in [5, 5.41) is 9.17. The third-order valence-electron chi connectivity index (χ3n) is 3.13. The van der Waals surface area contributed by atoms with Crippen molar-refractivity contribution < 1.29 is 9.90 Å². The van der Waals surface area contributed by atoms with Gasteiger partial charge < -0.3 is 15.0 Å². The molecule has 0 saturated carbocycles. The number of nitrogens with one attached hydrogen (secondary N) is 1. The average Bonchev–Trinajstić information content (AvgIpc) is 2.76. The van der Waals surface area contributed by atoms with E-state index >= 15 is 0 Å². The van der Waals surface area contributed by atoms with E-state index in [0.717, 1.165) is 18.5 Å². The number of hydrogen-bond acceptors (Lipinski definition) is 3. The maximum Gasteiger partial charge on any atom is 0.260 e. The van der Waals surface area contributed by atoms with E-state index in [0.29, 0.717) is 6.54 Å². The van der Waals surface area contributed by atoms with E-state index < -0.39 is 0 Å². The molecule has 2 rings (SSSR count). The number of aliphatic hydroxyl groups excluding tert-OH is 1. The van der Waals surface area contributed by atoms with E-state index in [4.69, 9.17) is 5.11 Å². The smallest absolute Gasteiger partial charge is 0.260 e. The van der Waals surface area contributed by atoms with Crippen LogP contribution in [0.15, 0.2) is 16.9 Å². The average molecular weight is 236 g/mol. The van der Waals surface area contributed by atoms with Crippen LogP contribution in [0.25, 0.3) is 0 Å². The first-order chi connectivity index (χ1) is 8.13. The second-order valence-electron chi connectivity index (χ2n) is 4.36. The Morgan fingerprint density at radius 3 is 3.00 bits per heavy atom. The van der Waals surface area contributed by atoms with Crippen molar-refractivity contribution in [3.63, 3.8) is 0 Å². The number of aliphatic hydroxyl groups is 1. The minimum Gasteiger partial charge on any atom is -0.394 e. The standard InChI is InChI=1S/C12H16N2O3/c1-8-4-5-10(11(16)13-8)12(17)14-6-2-3-9(14)7-15/h4-5,9,15H,2-3,6-7H2,1H3,(H,13,16)/t9-/m0/s1. The monoisotopic (exact) mass is 236 g/mol. The molecular formula is C12H16N2O3. The van der Waals surface area contributed by atoms with Gasteiger partial charge in [0, 0.05) is 12.2 Å². The number of likely N-dealkylation sites (tertiary alicyclic amines) is 1. The van der Waals surface area contributed by atoms with Gasteiger partial charge >= 0.3 is 0 Å². The lowest BCUT2D eigenvalue weighted by Gasteiger charge is -2.22. The van der Waals surface area contributed by atoms with Gasteiger partial charge in [-0.3, -0.25) is 9.59 Å². The van der Waals surface area contributed by atoms with Gasteiger partial charge in [0.05, 0.1) is 12.6 Å². The Morgan fingerprint density at radius 2 is 2.35 bits per heavy atom. The Balaban J connectivity index is 2.28. The van der Waals surface area contributed by atoms with E-state index in [2.05, 4.69) is 4.98 Å². The molecule has 0 radical (unpaired) electrons.